The molecule has 1 atom stereocenters. The van der Waals surface area contributed by atoms with Gasteiger partial charge in [-0.3, -0.25) is 14.7 Å². The molecule has 1 aliphatic heterocycles. The van der Waals surface area contributed by atoms with Crippen molar-refractivity contribution < 1.29 is 9.53 Å². The molecule has 4 rings (SSSR count). The van der Waals surface area contributed by atoms with Crippen LogP contribution in [0.15, 0.2) is 9.82 Å². The summed E-state index contributed by atoms with van der Waals surface area (Å²) in [4.78, 5) is 29.2. The Bertz CT molecular complexity index is 920. The van der Waals surface area contributed by atoms with Crippen molar-refractivity contribution in [2.45, 2.75) is 63.1 Å². The van der Waals surface area contributed by atoms with Crippen LogP contribution in [0.5, 0.6) is 0 Å². The fraction of sp³-hybridized carbons (Fsp3) is 0.611. The van der Waals surface area contributed by atoms with Crippen molar-refractivity contribution in [3.63, 3.8) is 0 Å². The number of aromatic nitrogens is 4. The molecule has 1 amide bonds. The Balaban J connectivity index is 1.49. The molecule has 3 heterocycles. The molecule has 1 unspecified atom stereocenters. The summed E-state index contributed by atoms with van der Waals surface area (Å²) in [6.07, 6.45) is 6.07. The molecule has 28 heavy (non-hydrogen) atoms. The summed E-state index contributed by atoms with van der Waals surface area (Å²) in [5, 5.41) is 12.5. The summed E-state index contributed by atoms with van der Waals surface area (Å²) in [5.41, 5.74) is 1.96. The maximum Gasteiger partial charge on any atom is 0.348 e. The highest BCUT2D eigenvalue weighted by atomic mass is 32.2. The minimum Gasteiger partial charge on any atom is -0.376 e. The van der Waals surface area contributed by atoms with E-state index in [1.165, 1.54) is 23.1 Å². The van der Waals surface area contributed by atoms with Gasteiger partial charge in [-0.15, -0.1) is 10.2 Å². The number of ether oxygens (including phenoxy) is 1. The van der Waals surface area contributed by atoms with Gasteiger partial charge in [0.25, 0.3) is 0 Å². The van der Waals surface area contributed by atoms with Crippen molar-refractivity contribution in [3.8, 4) is 0 Å². The second-order valence-electron chi connectivity index (χ2n) is 7.04. The van der Waals surface area contributed by atoms with Crippen LogP contribution in [0.25, 0.3) is 0 Å². The van der Waals surface area contributed by atoms with Gasteiger partial charge >= 0.3 is 5.69 Å². The second kappa shape index (κ2) is 8.71. The Morgan fingerprint density at radius 2 is 2.18 bits per heavy atom. The van der Waals surface area contributed by atoms with E-state index >= 15 is 0 Å². The first kappa shape index (κ1) is 19.5. The van der Waals surface area contributed by atoms with Gasteiger partial charge in [-0.25, -0.2) is 4.79 Å². The minimum atomic E-state index is -0.237. The number of nitrogens with one attached hydrogen (secondary N) is 1. The lowest BCUT2D eigenvalue weighted by Gasteiger charge is -2.24. The van der Waals surface area contributed by atoms with Crippen LogP contribution in [0.3, 0.4) is 0 Å². The Hall–Kier alpha value is -1.78. The van der Waals surface area contributed by atoms with E-state index in [4.69, 9.17) is 4.74 Å². The van der Waals surface area contributed by atoms with E-state index in [1.807, 2.05) is 6.92 Å². The van der Waals surface area contributed by atoms with E-state index < -0.39 is 0 Å². The van der Waals surface area contributed by atoms with Crippen LogP contribution in [-0.4, -0.2) is 44.1 Å². The molecule has 1 fully saturated rings. The highest BCUT2D eigenvalue weighted by Crippen LogP contribution is 2.29. The van der Waals surface area contributed by atoms with Gasteiger partial charge in [-0.1, -0.05) is 23.1 Å². The fourth-order valence-corrected chi connectivity index (χ4v) is 5.17. The summed E-state index contributed by atoms with van der Waals surface area (Å²) in [6.45, 7) is 3.19. The van der Waals surface area contributed by atoms with Crippen LogP contribution in [-0.2, 0) is 28.9 Å². The molecule has 0 aromatic carbocycles. The normalized spacial score (nSPS) is 18.8. The fourth-order valence-electron chi connectivity index (χ4n) is 3.68. The van der Waals surface area contributed by atoms with E-state index in [2.05, 4.69) is 20.5 Å². The smallest absolute Gasteiger partial charge is 0.348 e. The molecule has 1 N–H and O–H groups in total. The molecule has 0 bridgehead atoms. The van der Waals surface area contributed by atoms with E-state index in [0.29, 0.717) is 16.7 Å². The van der Waals surface area contributed by atoms with Gasteiger partial charge in [-0.2, -0.15) is 4.98 Å². The van der Waals surface area contributed by atoms with Crippen LogP contribution in [0.1, 0.15) is 41.9 Å². The third kappa shape index (κ3) is 4.44. The van der Waals surface area contributed by atoms with Crippen molar-refractivity contribution in [2.24, 2.45) is 0 Å². The van der Waals surface area contributed by atoms with Crippen LogP contribution >= 0.6 is 23.1 Å². The average Bonchev–Trinajstić information content (AvgIpc) is 3.34. The molecule has 10 heteroatoms. The summed E-state index contributed by atoms with van der Waals surface area (Å²) >= 11 is 2.66. The summed E-state index contributed by atoms with van der Waals surface area (Å²) in [5.74, 6) is 0.0174. The minimum absolute atomic E-state index is 0.102. The Morgan fingerprint density at radius 3 is 2.93 bits per heavy atom. The number of amides is 1. The van der Waals surface area contributed by atoms with Crippen molar-refractivity contribution >= 4 is 34.1 Å². The molecule has 1 saturated heterocycles. The van der Waals surface area contributed by atoms with Crippen molar-refractivity contribution in [1.29, 1.82) is 0 Å². The molecule has 0 spiro atoms. The van der Waals surface area contributed by atoms with Gasteiger partial charge in [-0.05, 0) is 45.4 Å². The number of thioether (sulfide) groups is 1. The average molecular weight is 422 g/mol. The monoisotopic (exact) mass is 421 g/mol. The SMILES string of the molecule is Cc1nnc(NC(=O)CSc2nc(=O)n(CC3CCCO3)c3c2CCCC3)s1. The third-order valence-corrected chi connectivity index (χ3v) is 6.75. The number of rotatable bonds is 6. The molecular weight excluding hydrogens is 398 g/mol. The first-order valence-electron chi connectivity index (χ1n) is 9.57. The van der Waals surface area contributed by atoms with Crippen molar-refractivity contribution in [1.82, 2.24) is 19.7 Å². The molecule has 0 radical (unpaired) electrons. The Kier molecular flexibility index (Phi) is 6.07. The number of carbonyl (C=O) groups is 1. The van der Waals surface area contributed by atoms with Crippen molar-refractivity contribution in [2.75, 3.05) is 17.7 Å². The summed E-state index contributed by atoms with van der Waals surface area (Å²) < 4.78 is 7.52. The summed E-state index contributed by atoms with van der Waals surface area (Å²) in [6, 6.07) is 0. The highest BCUT2D eigenvalue weighted by molar-refractivity contribution is 8.00. The number of fused-ring (bicyclic) bond motifs is 1. The van der Waals surface area contributed by atoms with Crippen LogP contribution in [0.4, 0.5) is 5.13 Å². The van der Waals surface area contributed by atoms with E-state index in [9.17, 15) is 9.59 Å². The molecule has 2 aromatic rings. The van der Waals surface area contributed by atoms with Crippen LogP contribution < -0.4 is 11.0 Å². The van der Waals surface area contributed by atoms with E-state index in [-0.39, 0.29) is 23.5 Å². The number of carbonyl (C=O) groups excluding carboxylic acids is 1. The van der Waals surface area contributed by atoms with Crippen LogP contribution in [0, 0.1) is 6.92 Å². The molecule has 0 saturated carbocycles. The third-order valence-electron chi connectivity index (χ3n) is 4.97. The zero-order chi connectivity index (χ0) is 19.5. The first-order valence-corrected chi connectivity index (χ1v) is 11.4. The number of nitrogens with zero attached hydrogens (tertiary/aromatic N) is 4. The van der Waals surface area contributed by atoms with Gasteiger partial charge in [0.05, 0.1) is 18.4 Å². The van der Waals surface area contributed by atoms with Crippen molar-refractivity contribution in [3.05, 3.63) is 26.7 Å². The maximum atomic E-state index is 12.7. The maximum absolute atomic E-state index is 12.7. The van der Waals surface area contributed by atoms with Gasteiger partial charge in [0, 0.05) is 17.9 Å². The zero-order valence-corrected chi connectivity index (χ0v) is 17.4. The lowest BCUT2D eigenvalue weighted by molar-refractivity contribution is -0.113. The molecule has 8 nitrogen and oxygen atoms in total. The number of hydrogen-bond donors (Lipinski definition) is 1. The van der Waals surface area contributed by atoms with Crippen LogP contribution in [0.2, 0.25) is 0 Å². The van der Waals surface area contributed by atoms with E-state index in [1.54, 1.807) is 4.57 Å². The quantitative estimate of drug-likeness (QED) is 0.564. The molecule has 2 aromatic heterocycles. The first-order chi connectivity index (χ1) is 13.6. The molecule has 150 valence electrons. The summed E-state index contributed by atoms with van der Waals surface area (Å²) in [7, 11) is 0. The van der Waals surface area contributed by atoms with Gasteiger partial charge in [0.15, 0.2) is 0 Å². The molecular formula is C18H23N5O3S2. The Morgan fingerprint density at radius 1 is 1.32 bits per heavy atom. The predicted octanol–water partition coefficient (Wildman–Crippen LogP) is 2.19. The Labute approximate surface area is 171 Å². The van der Waals surface area contributed by atoms with Gasteiger partial charge in [0.2, 0.25) is 11.0 Å². The molecule has 1 aliphatic carbocycles. The number of anilines is 1. The zero-order valence-electron chi connectivity index (χ0n) is 15.8. The lowest BCUT2D eigenvalue weighted by atomic mass is 9.97. The second-order valence-corrected chi connectivity index (χ2v) is 9.19. The lowest BCUT2D eigenvalue weighted by Crippen LogP contribution is -2.34. The van der Waals surface area contributed by atoms with Gasteiger partial charge in [0.1, 0.15) is 10.0 Å². The molecule has 2 aliphatic rings. The number of aryl methyl sites for hydroxylation is 1. The topological polar surface area (TPSA) is 99.0 Å². The van der Waals surface area contributed by atoms with E-state index in [0.717, 1.165) is 61.4 Å². The predicted molar refractivity (Wildman–Crippen MR) is 108 cm³/mol. The largest absolute Gasteiger partial charge is 0.376 e. The standard InChI is InChI=1S/C18H23N5O3S2/c1-11-21-22-17(28-11)19-15(24)10-27-16-13-6-2-3-7-14(13)23(18(25)20-16)9-12-5-4-8-26-12/h12H,2-10H2,1H3,(H,19,22,24). The number of hydrogen-bond acceptors (Lipinski definition) is 8. The highest BCUT2D eigenvalue weighted by Gasteiger charge is 2.24. The van der Waals surface area contributed by atoms with Gasteiger partial charge < -0.3 is 4.74 Å².